The van der Waals surface area contributed by atoms with E-state index in [1.165, 1.54) is 23.8 Å². The fraction of sp³-hybridized carbons (Fsp3) is 0.556. The monoisotopic (exact) mass is 358 g/mol. The van der Waals surface area contributed by atoms with Crippen LogP contribution in [0.3, 0.4) is 0 Å². The van der Waals surface area contributed by atoms with E-state index >= 15 is 0 Å². The van der Waals surface area contributed by atoms with Gasteiger partial charge in [0.25, 0.3) is 5.56 Å². The molecule has 3 rings (SSSR count). The van der Waals surface area contributed by atoms with E-state index in [4.69, 9.17) is 0 Å². The number of fused-ring (bicyclic) bond motifs is 1. The third kappa shape index (κ3) is 3.23. The van der Waals surface area contributed by atoms with Crippen LogP contribution < -0.4 is 11.2 Å². The lowest BCUT2D eigenvalue weighted by molar-refractivity contribution is 0.561. The maximum absolute atomic E-state index is 12.5. The van der Waals surface area contributed by atoms with E-state index in [0.29, 0.717) is 23.7 Å². The molecule has 3 aromatic rings. The van der Waals surface area contributed by atoms with Gasteiger partial charge in [-0.2, -0.15) is 10.1 Å². The molecule has 3 aromatic heterocycles. The summed E-state index contributed by atoms with van der Waals surface area (Å²) in [7, 11) is 1.62. The molecule has 140 valence electrons. The molecule has 0 radical (unpaired) electrons. The van der Waals surface area contributed by atoms with Gasteiger partial charge in [0.1, 0.15) is 0 Å². The van der Waals surface area contributed by atoms with Crippen molar-refractivity contribution in [2.24, 2.45) is 7.05 Å². The molecule has 0 aliphatic carbocycles. The van der Waals surface area contributed by atoms with Crippen molar-refractivity contribution < 1.29 is 0 Å². The van der Waals surface area contributed by atoms with Gasteiger partial charge in [0.2, 0.25) is 5.95 Å². The van der Waals surface area contributed by atoms with Gasteiger partial charge >= 0.3 is 5.69 Å². The van der Waals surface area contributed by atoms with Crippen LogP contribution in [0.25, 0.3) is 17.1 Å². The van der Waals surface area contributed by atoms with Crippen molar-refractivity contribution in [3.8, 4) is 5.95 Å². The minimum absolute atomic E-state index is 0.384. The van der Waals surface area contributed by atoms with E-state index in [2.05, 4.69) is 22.0 Å². The van der Waals surface area contributed by atoms with E-state index < -0.39 is 11.2 Å². The second-order valence-electron chi connectivity index (χ2n) is 6.81. The maximum atomic E-state index is 12.5. The number of imidazole rings is 1. The highest BCUT2D eigenvalue weighted by Gasteiger charge is 2.20. The Labute approximate surface area is 151 Å². The van der Waals surface area contributed by atoms with Crippen molar-refractivity contribution in [1.82, 2.24) is 28.9 Å². The Morgan fingerprint density at radius 2 is 1.85 bits per heavy atom. The topological polar surface area (TPSA) is 90.5 Å². The normalized spacial score (nSPS) is 11.5. The Kier molecular flexibility index (Phi) is 5.11. The number of nitrogens with one attached hydrogen (secondary N) is 1. The van der Waals surface area contributed by atoms with E-state index in [1.54, 1.807) is 11.7 Å². The zero-order valence-electron chi connectivity index (χ0n) is 15.9. The second kappa shape index (κ2) is 7.31. The zero-order chi connectivity index (χ0) is 18.8. The first-order valence-electron chi connectivity index (χ1n) is 9.17. The van der Waals surface area contributed by atoms with Crippen molar-refractivity contribution in [3.05, 3.63) is 38.3 Å². The number of aromatic amines is 1. The molecule has 3 heterocycles. The van der Waals surface area contributed by atoms with Crippen molar-refractivity contribution in [1.29, 1.82) is 0 Å². The summed E-state index contributed by atoms with van der Waals surface area (Å²) < 4.78 is 5.00. The van der Waals surface area contributed by atoms with Crippen LogP contribution in [0.4, 0.5) is 0 Å². The zero-order valence-corrected chi connectivity index (χ0v) is 15.9. The number of H-pyrrole nitrogens is 1. The highest BCUT2D eigenvalue weighted by atomic mass is 16.2. The van der Waals surface area contributed by atoms with Gasteiger partial charge in [0.15, 0.2) is 11.2 Å². The van der Waals surface area contributed by atoms with Crippen LogP contribution in [0.2, 0.25) is 0 Å². The summed E-state index contributed by atoms with van der Waals surface area (Å²) in [5, 5.41) is 4.51. The van der Waals surface area contributed by atoms with Crippen molar-refractivity contribution in [2.45, 2.75) is 59.4 Å². The summed E-state index contributed by atoms with van der Waals surface area (Å²) in [4.78, 5) is 31.4. The van der Waals surface area contributed by atoms with Crippen LogP contribution in [0.15, 0.2) is 15.7 Å². The summed E-state index contributed by atoms with van der Waals surface area (Å²) in [5.41, 5.74) is 1.75. The number of nitrogens with zero attached hydrogens (tertiary/aromatic N) is 5. The predicted molar refractivity (Wildman–Crippen MR) is 101 cm³/mol. The van der Waals surface area contributed by atoms with Crippen molar-refractivity contribution in [3.63, 3.8) is 0 Å². The molecule has 0 aromatic carbocycles. The van der Waals surface area contributed by atoms with E-state index in [9.17, 15) is 9.59 Å². The number of unbranched alkanes of at least 4 members (excludes halogenated alkanes) is 4. The molecule has 0 aliphatic rings. The molecule has 0 spiro atoms. The van der Waals surface area contributed by atoms with Gasteiger partial charge in [-0.3, -0.25) is 14.3 Å². The summed E-state index contributed by atoms with van der Waals surface area (Å²) in [6, 6.07) is 1.97. The quantitative estimate of drug-likeness (QED) is 0.656. The number of aromatic nitrogens is 6. The van der Waals surface area contributed by atoms with Gasteiger partial charge in [-0.15, -0.1) is 0 Å². The minimum Gasteiger partial charge on any atom is -0.302 e. The highest BCUT2D eigenvalue weighted by molar-refractivity contribution is 5.72. The summed E-state index contributed by atoms with van der Waals surface area (Å²) in [5.74, 6) is 0.577. The molecule has 1 N–H and O–H groups in total. The summed E-state index contributed by atoms with van der Waals surface area (Å²) >= 11 is 0. The van der Waals surface area contributed by atoms with E-state index in [1.807, 2.05) is 24.5 Å². The summed E-state index contributed by atoms with van der Waals surface area (Å²) in [6.45, 7) is 6.72. The van der Waals surface area contributed by atoms with Crippen LogP contribution in [0.1, 0.15) is 50.4 Å². The SMILES string of the molecule is CCCCCCCn1c(-n2nc(C)cc2C)nc2c1c(=O)[nH]c(=O)n2C. The maximum Gasteiger partial charge on any atom is 0.329 e. The Balaban J connectivity index is 2.13. The highest BCUT2D eigenvalue weighted by Crippen LogP contribution is 2.18. The van der Waals surface area contributed by atoms with Crippen LogP contribution in [-0.4, -0.2) is 28.9 Å². The molecule has 0 atom stereocenters. The third-order valence-corrected chi connectivity index (χ3v) is 4.67. The summed E-state index contributed by atoms with van der Waals surface area (Å²) in [6.07, 6.45) is 5.61. The average molecular weight is 358 g/mol. The van der Waals surface area contributed by atoms with Crippen LogP contribution >= 0.6 is 0 Å². The first-order valence-corrected chi connectivity index (χ1v) is 9.17. The van der Waals surface area contributed by atoms with Crippen LogP contribution in [0.5, 0.6) is 0 Å². The lowest BCUT2D eigenvalue weighted by Gasteiger charge is -2.09. The molecule has 0 saturated heterocycles. The molecule has 8 nitrogen and oxygen atoms in total. The smallest absolute Gasteiger partial charge is 0.302 e. The number of hydrogen-bond acceptors (Lipinski definition) is 4. The number of aryl methyl sites for hydroxylation is 4. The molecule has 0 fully saturated rings. The van der Waals surface area contributed by atoms with Gasteiger partial charge in [-0.1, -0.05) is 32.6 Å². The standard InChI is InChI=1S/C18H26N6O2/c1-5-6-7-8-9-10-23-14-15(22(4)18(26)20-16(14)25)19-17(23)24-13(3)11-12(2)21-24/h11H,5-10H2,1-4H3,(H,20,25,26). The fourth-order valence-corrected chi connectivity index (χ4v) is 3.30. The lowest BCUT2D eigenvalue weighted by Crippen LogP contribution is -2.29. The first kappa shape index (κ1) is 18.2. The molecule has 0 bridgehead atoms. The fourth-order valence-electron chi connectivity index (χ4n) is 3.30. The van der Waals surface area contributed by atoms with Crippen LogP contribution in [0, 0.1) is 13.8 Å². The number of rotatable bonds is 7. The van der Waals surface area contributed by atoms with Gasteiger partial charge < -0.3 is 4.57 Å². The van der Waals surface area contributed by atoms with Crippen LogP contribution in [-0.2, 0) is 13.6 Å². The second-order valence-corrected chi connectivity index (χ2v) is 6.81. The van der Waals surface area contributed by atoms with Gasteiger partial charge in [0, 0.05) is 19.3 Å². The van der Waals surface area contributed by atoms with Crippen molar-refractivity contribution in [2.75, 3.05) is 0 Å². The van der Waals surface area contributed by atoms with Gasteiger partial charge in [-0.05, 0) is 26.3 Å². The molecule has 0 aliphatic heterocycles. The lowest BCUT2D eigenvalue weighted by atomic mass is 10.1. The predicted octanol–water partition coefficient (Wildman–Crippen LogP) is 2.20. The van der Waals surface area contributed by atoms with E-state index in [0.717, 1.165) is 24.2 Å². The molecular weight excluding hydrogens is 332 g/mol. The first-order chi connectivity index (χ1) is 12.4. The molecule has 26 heavy (non-hydrogen) atoms. The Morgan fingerprint density at radius 1 is 1.12 bits per heavy atom. The van der Waals surface area contributed by atoms with E-state index in [-0.39, 0.29) is 0 Å². The minimum atomic E-state index is -0.463. The molecular formula is C18H26N6O2. The Bertz CT molecular complexity index is 1040. The Hall–Kier alpha value is -2.64. The average Bonchev–Trinajstić information content (AvgIpc) is 3.12. The van der Waals surface area contributed by atoms with Gasteiger partial charge in [-0.25, -0.2) is 9.48 Å². The molecule has 8 heteroatoms. The largest absolute Gasteiger partial charge is 0.329 e. The number of hydrogen-bond donors (Lipinski definition) is 1. The Morgan fingerprint density at radius 3 is 2.50 bits per heavy atom. The molecule has 0 saturated carbocycles. The molecule has 0 amide bonds. The van der Waals surface area contributed by atoms with Gasteiger partial charge in [0.05, 0.1) is 5.69 Å². The third-order valence-electron chi connectivity index (χ3n) is 4.67. The molecule has 0 unspecified atom stereocenters. The van der Waals surface area contributed by atoms with Crippen molar-refractivity contribution >= 4 is 11.2 Å².